The first-order chi connectivity index (χ1) is 10.1. The van der Waals surface area contributed by atoms with Crippen molar-refractivity contribution in [3.05, 3.63) is 34.8 Å². The molecule has 0 unspecified atom stereocenters. The minimum absolute atomic E-state index is 0.00419. The van der Waals surface area contributed by atoms with E-state index in [1.807, 2.05) is 12.3 Å². The molecular formula is C14H12N2O3S2. The smallest absolute Gasteiger partial charge is 0.262 e. The van der Waals surface area contributed by atoms with Crippen molar-refractivity contribution < 1.29 is 14.3 Å². The van der Waals surface area contributed by atoms with Gasteiger partial charge >= 0.3 is 0 Å². The third-order valence-corrected chi connectivity index (χ3v) is 5.00. The molecule has 0 radical (unpaired) electrons. The zero-order valence-electron chi connectivity index (χ0n) is 11.2. The van der Waals surface area contributed by atoms with E-state index in [4.69, 9.17) is 4.74 Å². The molecule has 108 valence electrons. The Hall–Kier alpha value is -1.86. The molecule has 0 aliphatic carbocycles. The van der Waals surface area contributed by atoms with Gasteiger partial charge in [-0.1, -0.05) is 11.8 Å². The maximum absolute atomic E-state index is 12.2. The maximum Gasteiger partial charge on any atom is 0.262 e. The molecule has 0 spiro atoms. The fraction of sp³-hybridized carbons (Fsp3) is 0.214. The zero-order chi connectivity index (χ0) is 14.8. The predicted octanol–water partition coefficient (Wildman–Crippen LogP) is 2.76. The number of ketones is 1. The number of nitrogens with zero attached hydrogens (tertiary/aromatic N) is 1. The van der Waals surface area contributed by atoms with Crippen LogP contribution < -0.4 is 10.1 Å². The van der Waals surface area contributed by atoms with Gasteiger partial charge in [-0.25, -0.2) is 4.98 Å². The largest absolute Gasteiger partial charge is 0.482 e. The molecule has 0 saturated carbocycles. The Kier molecular flexibility index (Phi) is 3.94. The summed E-state index contributed by atoms with van der Waals surface area (Å²) in [5.41, 5.74) is 2.07. The highest BCUT2D eigenvalue weighted by Crippen LogP contribution is 2.29. The number of hydrogen-bond donors (Lipinski definition) is 1. The van der Waals surface area contributed by atoms with E-state index in [1.165, 1.54) is 23.1 Å². The lowest BCUT2D eigenvalue weighted by atomic mass is 10.1. The summed E-state index contributed by atoms with van der Waals surface area (Å²) >= 11 is 2.95. The molecule has 1 N–H and O–H groups in total. The molecule has 0 bridgehead atoms. The van der Waals surface area contributed by atoms with Gasteiger partial charge in [-0.15, -0.1) is 11.3 Å². The number of hydrogen-bond acceptors (Lipinski definition) is 6. The molecule has 21 heavy (non-hydrogen) atoms. The van der Waals surface area contributed by atoms with Crippen molar-refractivity contribution in [2.24, 2.45) is 0 Å². The number of Topliss-reactive ketones (excluding diaryl/α,β-unsaturated/α-hetero) is 1. The Morgan fingerprint density at radius 2 is 2.38 bits per heavy atom. The molecule has 1 amide bonds. The van der Waals surface area contributed by atoms with Gasteiger partial charge in [-0.05, 0) is 25.1 Å². The minimum Gasteiger partial charge on any atom is -0.482 e. The van der Waals surface area contributed by atoms with E-state index >= 15 is 0 Å². The van der Waals surface area contributed by atoms with Crippen LogP contribution in [0.3, 0.4) is 0 Å². The van der Waals surface area contributed by atoms with Crippen molar-refractivity contribution in [2.75, 3.05) is 17.7 Å². The summed E-state index contributed by atoms with van der Waals surface area (Å²) in [5.74, 6) is 0.699. The Labute approximate surface area is 129 Å². The Bertz CT molecular complexity index is 712. The Morgan fingerprint density at radius 1 is 1.52 bits per heavy atom. The van der Waals surface area contributed by atoms with Crippen LogP contribution in [0.5, 0.6) is 5.75 Å². The van der Waals surface area contributed by atoms with Crippen LogP contribution in [0.4, 0.5) is 5.69 Å². The fourth-order valence-electron chi connectivity index (χ4n) is 1.87. The molecule has 1 aromatic carbocycles. The van der Waals surface area contributed by atoms with Gasteiger partial charge in [0.25, 0.3) is 5.91 Å². The van der Waals surface area contributed by atoms with Gasteiger partial charge in [0.05, 0.1) is 11.4 Å². The van der Waals surface area contributed by atoms with Crippen LogP contribution in [0.25, 0.3) is 0 Å². The van der Waals surface area contributed by atoms with Gasteiger partial charge in [-0.3, -0.25) is 9.59 Å². The van der Waals surface area contributed by atoms with Crippen molar-refractivity contribution in [3.8, 4) is 5.75 Å². The van der Waals surface area contributed by atoms with Crippen molar-refractivity contribution in [1.29, 1.82) is 0 Å². The highest BCUT2D eigenvalue weighted by molar-refractivity contribution is 8.01. The average Bonchev–Trinajstić information content (AvgIpc) is 2.89. The molecule has 2 heterocycles. The van der Waals surface area contributed by atoms with E-state index in [0.717, 1.165) is 10.0 Å². The highest BCUT2D eigenvalue weighted by Gasteiger charge is 2.18. The van der Waals surface area contributed by atoms with Crippen molar-refractivity contribution in [1.82, 2.24) is 4.98 Å². The topological polar surface area (TPSA) is 68.3 Å². The molecule has 2 aromatic rings. The number of ether oxygens (including phenoxy) is 1. The number of amides is 1. The average molecular weight is 320 g/mol. The maximum atomic E-state index is 12.2. The Morgan fingerprint density at radius 3 is 3.14 bits per heavy atom. The standard InChI is InChI=1S/C14H12N2O3S2/c1-8-6-20-14(15-8)21-7-11(17)9-2-3-12-10(4-9)16-13(18)5-19-12/h2-4,6H,5,7H2,1H3,(H,16,18). The number of rotatable bonds is 4. The van der Waals surface area contributed by atoms with Crippen molar-refractivity contribution in [3.63, 3.8) is 0 Å². The van der Waals surface area contributed by atoms with Gasteiger partial charge in [0.2, 0.25) is 0 Å². The first-order valence-electron chi connectivity index (χ1n) is 6.26. The third-order valence-electron chi connectivity index (χ3n) is 2.86. The van der Waals surface area contributed by atoms with E-state index in [-0.39, 0.29) is 18.3 Å². The van der Waals surface area contributed by atoms with Crippen LogP contribution in [-0.2, 0) is 4.79 Å². The third kappa shape index (κ3) is 3.25. The van der Waals surface area contributed by atoms with Crippen LogP contribution in [0.2, 0.25) is 0 Å². The normalized spacial score (nSPS) is 13.3. The molecule has 1 aromatic heterocycles. The van der Waals surface area contributed by atoms with Crippen LogP contribution in [0, 0.1) is 6.92 Å². The van der Waals surface area contributed by atoms with Crippen molar-refractivity contribution >= 4 is 40.5 Å². The van der Waals surface area contributed by atoms with Gasteiger partial charge in [0.15, 0.2) is 16.7 Å². The number of aryl methyl sites for hydroxylation is 1. The van der Waals surface area contributed by atoms with Crippen LogP contribution in [-0.4, -0.2) is 29.0 Å². The summed E-state index contributed by atoms with van der Waals surface area (Å²) in [7, 11) is 0. The SMILES string of the molecule is Cc1csc(SCC(=O)c2ccc3c(c2)NC(=O)CO3)n1. The monoisotopic (exact) mass is 320 g/mol. The number of carbonyl (C=O) groups excluding carboxylic acids is 2. The molecule has 3 rings (SSSR count). The van der Waals surface area contributed by atoms with Crippen LogP contribution in [0.15, 0.2) is 27.9 Å². The lowest BCUT2D eigenvalue weighted by Gasteiger charge is -2.18. The highest BCUT2D eigenvalue weighted by atomic mass is 32.2. The molecule has 0 fully saturated rings. The lowest BCUT2D eigenvalue weighted by molar-refractivity contribution is -0.118. The van der Waals surface area contributed by atoms with Gasteiger partial charge in [-0.2, -0.15) is 0 Å². The minimum atomic E-state index is -0.209. The molecule has 5 nitrogen and oxygen atoms in total. The summed E-state index contributed by atoms with van der Waals surface area (Å²) in [6, 6.07) is 5.08. The molecule has 0 saturated heterocycles. The first kappa shape index (κ1) is 14.1. The molecular weight excluding hydrogens is 308 g/mol. The summed E-state index contributed by atoms with van der Waals surface area (Å²) in [5, 5.41) is 4.66. The number of anilines is 1. The summed E-state index contributed by atoms with van der Waals surface area (Å²) in [4.78, 5) is 27.8. The number of thiazole rings is 1. The van der Waals surface area contributed by atoms with Crippen molar-refractivity contribution in [2.45, 2.75) is 11.3 Å². The molecule has 7 heteroatoms. The molecule has 1 aliphatic rings. The number of carbonyl (C=O) groups is 2. The van der Waals surface area contributed by atoms with E-state index < -0.39 is 0 Å². The second kappa shape index (κ2) is 5.87. The van der Waals surface area contributed by atoms with E-state index in [9.17, 15) is 9.59 Å². The quantitative estimate of drug-likeness (QED) is 0.693. The van der Waals surface area contributed by atoms with E-state index in [0.29, 0.717) is 22.8 Å². The first-order valence-corrected chi connectivity index (χ1v) is 8.13. The fourth-order valence-corrected chi connectivity index (χ4v) is 3.61. The number of nitrogens with one attached hydrogen (secondary N) is 1. The number of aromatic nitrogens is 1. The number of fused-ring (bicyclic) bond motifs is 1. The zero-order valence-corrected chi connectivity index (χ0v) is 12.8. The number of thioether (sulfide) groups is 1. The lowest BCUT2D eigenvalue weighted by Crippen LogP contribution is -2.25. The molecule has 0 atom stereocenters. The van der Waals surface area contributed by atoms with Crippen LogP contribution in [0.1, 0.15) is 16.1 Å². The Balaban J connectivity index is 1.70. The van der Waals surface area contributed by atoms with Gasteiger partial charge in [0.1, 0.15) is 5.75 Å². The summed E-state index contributed by atoms with van der Waals surface area (Å²) in [6.07, 6.45) is 0. The second-order valence-electron chi connectivity index (χ2n) is 4.51. The second-order valence-corrected chi connectivity index (χ2v) is 6.60. The van der Waals surface area contributed by atoms with Gasteiger partial charge in [0, 0.05) is 16.6 Å². The van der Waals surface area contributed by atoms with E-state index in [2.05, 4.69) is 10.3 Å². The van der Waals surface area contributed by atoms with Crippen LogP contribution >= 0.6 is 23.1 Å². The summed E-state index contributed by atoms with van der Waals surface area (Å²) < 4.78 is 6.15. The van der Waals surface area contributed by atoms with E-state index in [1.54, 1.807) is 18.2 Å². The number of benzene rings is 1. The predicted molar refractivity (Wildman–Crippen MR) is 82.5 cm³/mol. The van der Waals surface area contributed by atoms with Gasteiger partial charge < -0.3 is 10.1 Å². The molecule has 1 aliphatic heterocycles. The summed E-state index contributed by atoms with van der Waals surface area (Å²) in [6.45, 7) is 1.94.